The van der Waals surface area contributed by atoms with E-state index in [1.807, 2.05) is 17.0 Å². The number of nitrogens with one attached hydrogen (secondary N) is 2. The van der Waals surface area contributed by atoms with Crippen molar-refractivity contribution in [3.05, 3.63) is 35.5 Å². The smallest absolute Gasteiger partial charge is 0.407 e. The van der Waals surface area contributed by atoms with Gasteiger partial charge in [0.1, 0.15) is 5.69 Å². The number of fused-ring (bicyclic) bond motifs is 1. The van der Waals surface area contributed by atoms with Crippen LogP contribution in [0.1, 0.15) is 10.5 Å². The molecule has 9 nitrogen and oxygen atoms in total. The van der Waals surface area contributed by atoms with Crippen molar-refractivity contribution in [1.82, 2.24) is 20.1 Å². The van der Waals surface area contributed by atoms with Crippen LogP contribution in [0.5, 0.6) is 0 Å². The Bertz CT molecular complexity index is 960. The number of H-pyrrole nitrogens is 1. The molecule has 0 bridgehead atoms. The highest BCUT2D eigenvalue weighted by Gasteiger charge is 2.23. The van der Waals surface area contributed by atoms with Gasteiger partial charge in [-0.25, -0.2) is 9.78 Å². The predicted octanol–water partition coefficient (Wildman–Crippen LogP) is 2.07. The number of rotatable bonds is 3. The van der Waals surface area contributed by atoms with Crippen LogP contribution in [0.4, 0.5) is 15.6 Å². The van der Waals surface area contributed by atoms with E-state index in [9.17, 15) is 9.59 Å². The largest absolute Gasteiger partial charge is 0.465 e. The molecular weight excluding hydrogens is 356 g/mol. The van der Waals surface area contributed by atoms with E-state index in [2.05, 4.69) is 20.5 Å². The highest BCUT2D eigenvalue weighted by Crippen LogP contribution is 2.23. The molecule has 1 aliphatic rings. The van der Waals surface area contributed by atoms with Crippen molar-refractivity contribution in [3.63, 3.8) is 0 Å². The molecule has 0 aliphatic carbocycles. The zero-order chi connectivity index (χ0) is 18.1. The number of thiazole rings is 1. The van der Waals surface area contributed by atoms with Gasteiger partial charge in [-0.05, 0) is 18.2 Å². The summed E-state index contributed by atoms with van der Waals surface area (Å²) in [5, 5.41) is 22.0. The second-order valence-electron chi connectivity index (χ2n) is 5.90. The van der Waals surface area contributed by atoms with E-state index < -0.39 is 6.09 Å². The fourth-order valence-corrected chi connectivity index (χ4v) is 3.68. The molecule has 26 heavy (non-hydrogen) atoms. The Kier molecular flexibility index (Phi) is 4.17. The number of benzene rings is 1. The van der Waals surface area contributed by atoms with Crippen LogP contribution in [0.25, 0.3) is 10.9 Å². The number of aromatic amines is 1. The van der Waals surface area contributed by atoms with Gasteiger partial charge in [0, 0.05) is 42.6 Å². The minimum atomic E-state index is -0.904. The first-order chi connectivity index (χ1) is 12.6. The first kappa shape index (κ1) is 16.3. The Labute approximate surface area is 152 Å². The van der Waals surface area contributed by atoms with Crippen molar-refractivity contribution in [3.8, 4) is 0 Å². The van der Waals surface area contributed by atoms with E-state index in [0.29, 0.717) is 37.6 Å². The molecular formula is C16H16N6O3S. The van der Waals surface area contributed by atoms with Crippen molar-refractivity contribution in [2.24, 2.45) is 0 Å². The number of piperazine rings is 1. The Morgan fingerprint density at radius 2 is 2.04 bits per heavy atom. The number of carbonyl (C=O) groups excluding carboxylic acids is 1. The quantitative estimate of drug-likeness (QED) is 0.648. The van der Waals surface area contributed by atoms with E-state index in [1.54, 1.807) is 17.6 Å². The van der Waals surface area contributed by atoms with Gasteiger partial charge < -0.3 is 20.2 Å². The maximum Gasteiger partial charge on any atom is 0.407 e. The van der Waals surface area contributed by atoms with Gasteiger partial charge in [-0.3, -0.25) is 9.89 Å². The number of nitrogens with zero attached hydrogens (tertiary/aromatic N) is 4. The average Bonchev–Trinajstić information content (AvgIpc) is 3.31. The molecule has 2 aromatic heterocycles. The Balaban J connectivity index is 1.42. The molecule has 0 atom stereocenters. The fraction of sp³-hybridized carbons (Fsp3) is 0.250. The van der Waals surface area contributed by atoms with Gasteiger partial charge in [-0.15, -0.1) is 11.3 Å². The Morgan fingerprint density at radius 1 is 1.23 bits per heavy atom. The molecule has 3 heterocycles. The lowest BCUT2D eigenvalue weighted by atomic mass is 10.2. The van der Waals surface area contributed by atoms with Crippen LogP contribution in [-0.4, -0.2) is 63.4 Å². The highest BCUT2D eigenvalue weighted by atomic mass is 32.1. The average molecular weight is 372 g/mol. The van der Waals surface area contributed by atoms with Crippen molar-refractivity contribution >= 4 is 45.1 Å². The van der Waals surface area contributed by atoms with Gasteiger partial charge in [0.15, 0.2) is 5.13 Å². The maximum atomic E-state index is 12.4. The van der Waals surface area contributed by atoms with Crippen molar-refractivity contribution in [1.29, 1.82) is 0 Å². The first-order valence-electron chi connectivity index (χ1n) is 8.03. The van der Waals surface area contributed by atoms with Crippen molar-refractivity contribution in [2.45, 2.75) is 0 Å². The standard InChI is InChI=1S/C16H16N6O3S/c23-14(18-11-1-2-12-10(7-11)8-17-20-12)13-9-26-15(19-13)21-3-5-22(6-4-21)16(24)25/h1-2,7-9H,3-6H2,(H,17,20)(H,18,23)(H,24,25). The minimum absolute atomic E-state index is 0.278. The third kappa shape index (κ3) is 3.18. The highest BCUT2D eigenvalue weighted by molar-refractivity contribution is 7.14. The van der Waals surface area contributed by atoms with Crippen LogP contribution in [0, 0.1) is 0 Å². The van der Waals surface area contributed by atoms with Crippen LogP contribution in [0.15, 0.2) is 29.8 Å². The summed E-state index contributed by atoms with van der Waals surface area (Å²) in [6, 6.07) is 5.50. The number of carboxylic acid groups (broad SMARTS) is 1. The van der Waals surface area contributed by atoms with Crippen molar-refractivity contribution in [2.75, 3.05) is 36.4 Å². The summed E-state index contributed by atoms with van der Waals surface area (Å²) in [6.45, 7) is 2.00. The fourth-order valence-electron chi connectivity index (χ4n) is 2.82. The van der Waals surface area contributed by atoms with Gasteiger partial charge in [0.05, 0.1) is 11.7 Å². The molecule has 4 rings (SSSR count). The van der Waals surface area contributed by atoms with E-state index in [1.165, 1.54) is 16.2 Å². The normalized spacial score (nSPS) is 14.6. The van der Waals surface area contributed by atoms with Gasteiger partial charge in [-0.2, -0.15) is 5.10 Å². The van der Waals surface area contributed by atoms with Crippen LogP contribution in [0.3, 0.4) is 0 Å². The number of hydrogen-bond donors (Lipinski definition) is 3. The summed E-state index contributed by atoms with van der Waals surface area (Å²) in [5.74, 6) is -0.278. The summed E-state index contributed by atoms with van der Waals surface area (Å²) in [4.78, 5) is 31.2. The summed E-state index contributed by atoms with van der Waals surface area (Å²) in [5.41, 5.74) is 1.92. The molecule has 2 amide bonds. The van der Waals surface area contributed by atoms with E-state index in [0.717, 1.165) is 16.0 Å². The lowest BCUT2D eigenvalue weighted by molar-refractivity contribution is 0.102. The molecule has 0 radical (unpaired) electrons. The van der Waals surface area contributed by atoms with Crippen LogP contribution in [0.2, 0.25) is 0 Å². The minimum Gasteiger partial charge on any atom is -0.465 e. The Morgan fingerprint density at radius 3 is 2.81 bits per heavy atom. The monoisotopic (exact) mass is 372 g/mol. The third-order valence-corrected chi connectivity index (χ3v) is 5.14. The van der Waals surface area contributed by atoms with E-state index >= 15 is 0 Å². The number of aromatic nitrogens is 3. The molecule has 1 aromatic carbocycles. The van der Waals surface area contributed by atoms with E-state index in [4.69, 9.17) is 5.11 Å². The topological polar surface area (TPSA) is 114 Å². The SMILES string of the molecule is O=C(Nc1ccc2[nH]ncc2c1)c1csc(N2CCN(C(=O)O)CC2)n1. The van der Waals surface area contributed by atoms with Crippen LogP contribution >= 0.6 is 11.3 Å². The predicted molar refractivity (Wildman–Crippen MR) is 98.0 cm³/mol. The zero-order valence-electron chi connectivity index (χ0n) is 13.7. The van der Waals surface area contributed by atoms with Gasteiger partial charge in [0.2, 0.25) is 0 Å². The molecule has 1 aliphatic heterocycles. The van der Waals surface area contributed by atoms with E-state index in [-0.39, 0.29) is 5.91 Å². The molecule has 0 spiro atoms. The van der Waals surface area contributed by atoms with Crippen molar-refractivity contribution < 1.29 is 14.7 Å². The number of amides is 2. The number of anilines is 2. The zero-order valence-corrected chi connectivity index (χ0v) is 14.5. The van der Waals surface area contributed by atoms with Gasteiger partial charge in [-0.1, -0.05) is 0 Å². The summed E-state index contributed by atoms with van der Waals surface area (Å²) >= 11 is 1.38. The number of hydrogen-bond acceptors (Lipinski definition) is 6. The molecule has 10 heteroatoms. The molecule has 0 unspecified atom stereocenters. The third-order valence-electron chi connectivity index (χ3n) is 4.24. The van der Waals surface area contributed by atoms with Gasteiger partial charge >= 0.3 is 6.09 Å². The Hall–Kier alpha value is -3.14. The first-order valence-corrected chi connectivity index (χ1v) is 8.91. The molecule has 1 fully saturated rings. The maximum absolute atomic E-state index is 12.4. The molecule has 3 N–H and O–H groups in total. The van der Waals surface area contributed by atoms with Gasteiger partial charge in [0.25, 0.3) is 5.91 Å². The second-order valence-corrected chi connectivity index (χ2v) is 6.73. The molecule has 1 saturated heterocycles. The molecule has 3 aromatic rings. The lowest BCUT2D eigenvalue weighted by Gasteiger charge is -2.32. The summed E-state index contributed by atoms with van der Waals surface area (Å²) in [7, 11) is 0. The molecule has 134 valence electrons. The van der Waals surface area contributed by atoms with Crippen LogP contribution < -0.4 is 10.2 Å². The molecule has 0 saturated carbocycles. The summed E-state index contributed by atoms with van der Waals surface area (Å²) < 4.78 is 0. The second kappa shape index (κ2) is 6.64. The van der Waals surface area contributed by atoms with Crippen LogP contribution in [-0.2, 0) is 0 Å². The summed E-state index contributed by atoms with van der Waals surface area (Å²) in [6.07, 6.45) is 0.793. The number of carbonyl (C=O) groups is 2. The lowest BCUT2D eigenvalue weighted by Crippen LogP contribution is -2.48.